The third-order valence-corrected chi connectivity index (χ3v) is 5.86. The van der Waals surface area contributed by atoms with Crippen LogP contribution in [0.5, 0.6) is 0 Å². The van der Waals surface area contributed by atoms with Crippen molar-refractivity contribution in [1.29, 1.82) is 0 Å². The van der Waals surface area contributed by atoms with Crippen molar-refractivity contribution in [2.45, 2.75) is 70.4 Å². The van der Waals surface area contributed by atoms with E-state index in [1.165, 1.54) is 24.1 Å². The van der Waals surface area contributed by atoms with E-state index in [9.17, 15) is 9.59 Å². The van der Waals surface area contributed by atoms with Gasteiger partial charge in [0.05, 0.1) is 5.69 Å². The Labute approximate surface area is 170 Å². The van der Waals surface area contributed by atoms with Crippen molar-refractivity contribution in [3.63, 3.8) is 0 Å². The van der Waals surface area contributed by atoms with Gasteiger partial charge in [0, 0.05) is 17.5 Å². The number of nitrogens with zero attached hydrogens (tertiary/aromatic N) is 4. The highest BCUT2D eigenvalue weighted by Gasteiger charge is 2.23. The van der Waals surface area contributed by atoms with Gasteiger partial charge in [-0.05, 0) is 43.0 Å². The average Bonchev–Trinajstić information content (AvgIpc) is 3.41. The van der Waals surface area contributed by atoms with Gasteiger partial charge in [-0.2, -0.15) is 4.80 Å². The van der Waals surface area contributed by atoms with Crippen LogP contribution in [0.4, 0.5) is 5.69 Å². The number of hydrogen-bond acceptors (Lipinski definition) is 5. The number of benzene rings is 1. The van der Waals surface area contributed by atoms with Crippen LogP contribution in [0, 0.1) is 5.92 Å². The first-order chi connectivity index (χ1) is 14.2. The fourth-order valence-corrected chi connectivity index (χ4v) is 4.28. The maximum Gasteiger partial charge on any atom is 0.243 e. The molecule has 2 aliphatic carbocycles. The fourth-order valence-electron chi connectivity index (χ4n) is 4.28. The minimum Gasteiger partial charge on any atom is -0.352 e. The molecule has 2 saturated carbocycles. The van der Waals surface area contributed by atoms with E-state index >= 15 is 0 Å². The van der Waals surface area contributed by atoms with Gasteiger partial charge in [0.15, 0.2) is 0 Å². The summed E-state index contributed by atoms with van der Waals surface area (Å²) in [5, 5.41) is 18.5. The van der Waals surface area contributed by atoms with Crippen molar-refractivity contribution in [3.05, 3.63) is 24.3 Å². The Morgan fingerprint density at radius 1 is 1.00 bits per heavy atom. The van der Waals surface area contributed by atoms with Crippen LogP contribution in [0.15, 0.2) is 24.3 Å². The summed E-state index contributed by atoms with van der Waals surface area (Å²) in [7, 11) is 0. The molecule has 8 heteroatoms. The first-order valence-electron chi connectivity index (χ1n) is 10.7. The number of para-hydroxylation sites is 1. The van der Waals surface area contributed by atoms with E-state index in [1.807, 2.05) is 24.3 Å². The number of amides is 2. The fraction of sp³-hybridized carbons (Fsp3) is 0.571. The molecule has 2 aliphatic rings. The summed E-state index contributed by atoms with van der Waals surface area (Å²) in [6, 6.07) is 7.72. The Hall–Kier alpha value is -2.77. The zero-order valence-electron chi connectivity index (χ0n) is 16.6. The van der Waals surface area contributed by atoms with Gasteiger partial charge in [0.1, 0.15) is 6.54 Å². The van der Waals surface area contributed by atoms with Gasteiger partial charge in [0.25, 0.3) is 0 Å². The maximum absolute atomic E-state index is 12.6. The largest absolute Gasteiger partial charge is 0.352 e. The number of aromatic nitrogens is 4. The third-order valence-electron chi connectivity index (χ3n) is 5.86. The van der Waals surface area contributed by atoms with Gasteiger partial charge in [-0.15, -0.1) is 10.2 Å². The van der Waals surface area contributed by atoms with Gasteiger partial charge in [-0.25, -0.2) is 0 Å². The van der Waals surface area contributed by atoms with Crippen LogP contribution >= 0.6 is 0 Å². The Kier molecular flexibility index (Phi) is 6.17. The van der Waals surface area contributed by atoms with E-state index in [2.05, 4.69) is 26.0 Å². The van der Waals surface area contributed by atoms with Crippen LogP contribution in [0.2, 0.25) is 0 Å². The van der Waals surface area contributed by atoms with E-state index < -0.39 is 0 Å². The van der Waals surface area contributed by atoms with Crippen LogP contribution in [-0.4, -0.2) is 38.1 Å². The highest BCUT2D eigenvalue weighted by molar-refractivity contribution is 5.96. The standard InChI is InChI=1S/C21H28N6O2/c28-19(22-16-10-4-5-11-16)14-27-25-20(24-26-27)17-12-6-7-13-18(17)23-21(29)15-8-2-1-3-9-15/h6-7,12-13,15-16H,1-5,8-11,14H2,(H,22,28)(H,23,29). The molecule has 154 valence electrons. The van der Waals surface area contributed by atoms with E-state index in [1.54, 1.807) is 0 Å². The van der Waals surface area contributed by atoms with Crippen molar-refractivity contribution in [3.8, 4) is 11.4 Å². The SMILES string of the molecule is O=C(Cn1nnc(-c2ccccc2NC(=O)C2CCCCC2)n1)NC1CCCC1. The molecular formula is C21H28N6O2. The molecular weight excluding hydrogens is 368 g/mol. The molecule has 0 bridgehead atoms. The maximum atomic E-state index is 12.6. The first-order valence-corrected chi connectivity index (χ1v) is 10.7. The summed E-state index contributed by atoms with van der Waals surface area (Å²) in [5.74, 6) is 0.429. The predicted octanol–water partition coefficient (Wildman–Crippen LogP) is 2.92. The topological polar surface area (TPSA) is 102 Å². The molecule has 2 N–H and O–H groups in total. The molecule has 1 heterocycles. The Bertz CT molecular complexity index is 852. The molecule has 1 aromatic carbocycles. The lowest BCUT2D eigenvalue weighted by atomic mass is 9.88. The molecule has 8 nitrogen and oxygen atoms in total. The second kappa shape index (κ2) is 9.15. The second-order valence-electron chi connectivity index (χ2n) is 8.06. The highest BCUT2D eigenvalue weighted by atomic mass is 16.2. The van der Waals surface area contributed by atoms with Gasteiger partial charge in [0.2, 0.25) is 17.6 Å². The van der Waals surface area contributed by atoms with E-state index in [0.29, 0.717) is 17.1 Å². The van der Waals surface area contributed by atoms with Crippen molar-refractivity contribution >= 4 is 17.5 Å². The Morgan fingerprint density at radius 2 is 1.72 bits per heavy atom. The molecule has 0 saturated heterocycles. The van der Waals surface area contributed by atoms with Gasteiger partial charge in [-0.3, -0.25) is 9.59 Å². The number of hydrogen-bond donors (Lipinski definition) is 2. The van der Waals surface area contributed by atoms with Crippen molar-refractivity contribution < 1.29 is 9.59 Å². The molecule has 0 spiro atoms. The van der Waals surface area contributed by atoms with E-state index in [0.717, 1.165) is 38.5 Å². The molecule has 29 heavy (non-hydrogen) atoms. The average molecular weight is 396 g/mol. The van der Waals surface area contributed by atoms with Crippen LogP contribution in [0.3, 0.4) is 0 Å². The number of nitrogens with one attached hydrogen (secondary N) is 2. The molecule has 2 fully saturated rings. The molecule has 0 radical (unpaired) electrons. The van der Waals surface area contributed by atoms with Crippen molar-refractivity contribution in [2.75, 3.05) is 5.32 Å². The number of tetrazole rings is 1. The minimum absolute atomic E-state index is 0.0418. The van der Waals surface area contributed by atoms with Crippen molar-refractivity contribution in [1.82, 2.24) is 25.5 Å². The summed E-state index contributed by atoms with van der Waals surface area (Å²) in [4.78, 5) is 26.2. The van der Waals surface area contributed by atoms with Gasteiger partial charge in [-0.1, -0.05) is 44.2 Å². The quantitative estimate of drug-likeness (QED) is 0.782. The zero-order valence-corrected chi connectivity index (χ0v) is 16.6. The Morgan fingerprint density at radius 3 is 2.52 bits per heavy atom. The van der Waals surface area contributed by atoms with Gasteiger partial charge >= 0.3 is 0 Å². The summed E-state index contributed by atoms with van der Waals surface area (Å²) in [5.41, 5.74) is 1.39. The molecule has 0 unspecified atom stereocenters. The zero-order chi connectivity index (χ0) is 20.1. The lowest BCUT2D eigenvalue weighted by molar-refractivity contribution is -0.123. The van der Waals surface area contributed by atoms with Crippen LogP contribution in [-0.2, 0) is 16.1 Å². The summed E-state index contributed by atoms with van der Waals surface area (Å²) in [6.07, 6.45) is 9.72. The number of anilines is 1. The summed E-state index contributed by atoms with van der Waals surface area (Å²) in [6.45, 7) is 0.0418. The normalized spacial score (nSPS) is 17.9. The number of carbonyl (C=O) groups is 2. The Balaban J connectivity index is 1.42. The van der Waals surface area contributed by atoms with E-state index in [4.69, 9.17) is 0 Å². The molecule has 0 aliphatic heterocycles. The predicted molar refractivity (Wildman–Crippen MR) is 109 cm³/mol. The third kappa shape index (κ3) is 4.99. The first kappa shape index (κ1) is 19.5. The smallest absolute Gasteiger partial charge is 0.243 e. The van der Waals surface area contributed by atoms with Crippen LogP contribution in [0.25, 0.3) is 11.4 Å². The van der Waals surface area contributed by atoms with Crippen LogP contribution < -0.4 is 10.6 Å². The minimum atomic E-state index is -0.0975. The summed E-state index contributed by atoms with van der Waals surface area (Å²) < 4.78 is 0. The van der Waals surface area contributed by atoms with Crippen molar-refractivity contribution in [2.24, 2.45) is 5.92 Å². The summed E-state index contributed by atoms with van der Waals surface area (Å²) >= 11 is 0. The molecule has 2 aromatic rings. The molecule has 0 atom stereocenters. The lowest BCUT2D eigenvalue weighted by Crippen LogP contribution is -2.35. The monoisotopic (exact) mass is 396 g/mol. The lowest BCUT2D eigenvalue weighted by Gasteiger charge is -2.21. The number of carbonyl (C=O) groups excluding carboxylic acids is 2. The second-order valence-corrected chi connectivity index (χ2v) is 8.06. The van der Waals surface area contributed by atoms with Gasteiger partial charge < -0.3 is 10.6 Å². The molecule has 2 amide bonds. The van der Waals surface area contributed by atoms with Crippen LogP contribution in [0.1, 0.15) is 57.8 Å². The molecule has 1 aromatic heterocycles. The highest BCUT2D eigenvalue weighted by Crippen LogP contribution is 2.28. The molecule has 4 rings (SSSR count). The number of rotatable bonds is 6. The van der Waals surface area contributed by atoms with E-state index in [-0.39, 0.29) is 30.3 Å².